The Hall–Kier alpha value is -0.160. The molecule has 0 aliphatic heterocycles. The van der Waals surface area contributed by atoms with E-state index in [4.69, 9.17) is 0 Å². The van der Waals surface area contributed by atoms with Gasteiger partial charge in [-0.2, -0.15) is 0 Å². The molecular weight excluding hydrogens is 350 g/mol. The zero-order chi connectivity index (χ0) is 21.0. The van der Waals surface area contributed by atoms with E-state index in [2.05, 4.69) is 4.90 Å². The quantitative estimate of drug-likeness (QED) is 0.229. The third kappa shape index (κ3) is 22.1. The van der Waals surface area contributed by atoms with Gasteiger partial charge in [0, 0.05) is 0 Å². The molecule has 3 unspecified atom stereocenters. The molecule has 0 fully saturated rings. The minimum absolute atomic E-state index is 0.154. The third-order valence-corrected chi connectivity index (χ3v) is 5.54. The first-order chi connectivity index (χ1) is 13.4. The standard InChI is InChI=1S/C24H51NO3/c1-22(26)16-10-4-7-13-19-25(20-14-8-5-11-17-23(2)27)21-15-9-6-12-18-24(3)28/h22-24,26-28H,4-21H2,1-3H3. The van der Waals surface area contributed by atoms with Crippen LogP contribution in [0.2, 0.25) is 0 Å². The second kappa shape index (κ2) is 20.1. The summed E-state index contributed by atoms with van der Waals surface area (Å²) in [6.07, 6.45) is 17.1. The summed E-state index contributed by atoms with van der Waals surface area (Å²) in [6, 6.07) is 0. The summed E-state index contributed by atoms with van der Waals surface area (Å²) < 4.78 is 0. The van der Waals surface area contributed by atoms with E-state index in [1.165, 1.54) is 77.4 Å². The van der Waals surface area contributed by atoms with E-state index in [-0.39, 0.29) is 18.3 Å². The molecule has 0 aliphatic carbocycles. The van der Waals surface area contributed by atoms with Crippen molar-refractivity contribution >= 4 is 0 Å². The lowest BCUT2D eigenvalue weighted by Crippen LogP contribution is -2.27. The summed E-state index contributed by atoms with van der Waals surface area (Å²) >= 11 is 0. The molecule has 0 radical (unpaired) electrons. The predicted molar refractivity (Wildman–Crippen MR) is 121 cm³/mol. The van der Waals surface area contributed by atoms with E-state index in [0.29, 0.717) is 0 Å². The van der Waals surface area contributed by atoms with Crippen LogP contribution in [0, 0.1) is 0 Å². The van der Waals surface area contributed by atoms with Crippen LogP contribution >= 0.6 is 0 Å². The fourth-order valence-electron chi connectivity index (χ4n) is 3.72. The third-order valence-electron chi connectivity index (χ3n) is 5.54. The molecule has 0 spiro atoms. The molecule has 0 bridgehead atoms. The maximum atomic E-state index is 9.34. The van der Waals surface area contributed by atoms with Crippen molar-refractivity contribution in [1.82, 2.24) is 4.90 Å². The normalized spacial score (nSPS) is 15.1. The van der Waals surface area contributed by atoms with E-state index >= 15 is 0 Å². The van der Waals surface area contributed by atoms with Gasteiger partial charge in [-0.15, -0.1) is 0 Å². The van der Waals surface area contributed by atoms with E-state index in [9.17, 15) is 15.3 Å². The lowest BCUT2D eigenvalue weighted by molar-refractivity contribution is 0.179. The Morgan fingerprint density at radius 1 is 0.429 bits per heavy atom. The van der Waals surface area contributed by atoms with Gasteiger partial charge < -0.3 is 20.2 Å². The maximum Gasteiger partial charge on any atom is 0.0512 e. The fraction of sp³-hybridized carbons (Fsp3) is 1.00. The molecule has 0 amide bonds. The fourth-order valence-corrected chi connectivity index (χ4v) is 3.72. The molecule has 4 nitrogen and oxygen atoms in total. The van der Waals surface area contributed by atoms with Crippen molar-refractivity contribution in [2.75, 3.05) is 19.6 Å². The summed E-state index contributed by atoms with van der Waals surface area (Å²) in [5.41, 5.74) is 0. The molecule has 3 atom stereocenters. The number of hydrogen-bond acceptors (Lipinski definition) is 4. The molecule has 0 heterocycles. The van der Waals surface area contributed by atoms with Gasteiger partial charge in [0.2, 0.25) is 0 Å². The maximum absolute atomic E-state index is 9.34. The summed E-state index contributed by atoms with van der Waals surface area (Å²) in [4.78, 5) is 2.65. The number of nitrogens with zero attached hydrogens (tertiary/aromatic N) is 1. The van der Waals surface area contributed by atoms with Crippen molar-refractivity contribution in [3.8, 4) is 0 Å². The van der Waals surface area contributed by atoms with Crippen molar-refractivity contribution in [3.05, 3.63) is 0 Å². The molecule has 170 valence electrons. The van der Waals surface area contributed by atoms with Crippen LogP contribution in [0.4, 0.5) is 0 Å². The Kier molecular flexibility index (Phi) is 20.0. The predicted octanol–water partition coefficient (Wildman–Crippen LogP) is 5.28. The van der Waals surface area contributed by atoms with Crippen molar-refractivity contribution in [1.29, 1.82) is 0 Å². The Labute approximate surface area is 175 Å². The van der Waals surface area contributed by atoms with Crippen LogP contribution in [0.15, 0.2) is 0 Å². The average Bonchev–Trinajstić information content (AvgIpc) is 2.62. The molecule has 0 saturated heterocycles. The SMILES string of the molecule is CC(O)CCCCCCN(CCCCCCC(C)O)CCCCCCC(C)O. The molecule has 0 aromatic carbocycles. The van der Waals surface area contributed by atoms with Gasteiger partial charge in [0.25, 0.3) is 0 Å². The van der Waals surface area contributed by atoms with Gasteiger partial charge in [0.1, 0.15) is 0 Å². The Bertz CT molecular complexity index is 261. The smallest absolute Gasteiger partial charge is 0.0512 e. The number of aliphatic hydroxyl groups is 3. The summed E-state index contributed by atoms with van der Waals surface area (Å²) in [5.74, 6) is 0. The number of rotatable bonds is 21. The molecular formula is C24H51NO3. The van der Waals surface area contributed by atoms with Crippen molar-refractivity contribution in [2.24, 2.45) is 0 Å². The number of unbranched alkanes of at least 4 members (excludes halogenated alkanes) is 9. The average molecular weight is 402 g/mol. The Morgan fingerprint density at radius 3 is 0.929 bits per heavy atom. The first-order valence-electron chi connectivity index (χ1n) is 12.2. The molecule has 0 rings (SSSR count). The highest BCUT2D eigenvalue weighted by molar-refractivity contribution is 4.61. The van der Waals surface area contributed by atoms with E-state index in [1.54, 1.807) is 0 Å². The van der Waals surface area contributed by atoms with Crippen LogP contribution in [-0.2, 0) is 0 Å². The van der Waals surface area contributed by atoms with E-state index < -0.39 is 0 Å². The minimum Gasteiger partial charge on any atom is -0.393 e. The highest BCUT2D eigenvalue weighted by atomic mass is 16.3. The van der Waals surface area contributed by atoms with E-state index in [1.807, 2.05) is 20.8 Å². The lowest BCUT2D eigenvalue weighted by atomic mass is 10.1. The molecule has 4 heteroatoms. The molecule has 0 saturated carbocycles. The first kappa shape index (κ1) is 27.8. The first-order valence-corrected chi connectivity index (χ1v) is 12.2. The van der Waals surface area contributed by atoms with Gasteiger partial charge in [0.05, 0.1) is 18.3 Å². The summed E-state index contributed by atoms with van der Waals surface area (Å²) in [7, 11) is 0. The highest BCUT2D eigenvalue weighted by Crippen LogP contribution is 2.11. The Balaban J connectivity index is 3.89. The van der Waals surface area contributed by atoms with E-state index in [0.717, 1.165) is 38.5 Å². The molecule has 0 aromatic rings. The Morgan fingerprint density at radius 2 is 0.679 bits per heavy atom. The molecule has 28 heavy (non-hydrogen) atoms. The lowest BCUT2D eigenvalue weighted by Gasteiger charge is -2.22. The number of hydrogen-bond donors (Lipinski definition) is 3. The second-order valence-corrected chi connectivity index (χ2v) is 9.00. The van der Waals surface area contributed by atoms with Crippen LogP contribution in [0.5, 0.6) is 0 Å². The molecule has 3 N–H and O–H groups in total. The van der Waals surface area contributed by atoms with Gasteiger partial charge in [0.15, 0.2) is 0 Å². The zero-order valence-corrected chi connectivity index (χ0v) is 19.2. The summed E-state index contributed by atoms with van der Waals surface area (Å²) in [5, 5.41) is 28.0. The summed E-state index contributed by atoms with van der Waals surface area (Å²) in [6.45, 7) is 9.25. The minimum atomic E-state index is -0.154. The van der Waals surface area contributed by atoms with Crippen LogP contribution in [-0.4, -0.2) is 58.2 Å². The van der Waals surface area contributed by atoms with Gasteiger partial charge in [-0.05, 0) is 78.9 Å². The van der Waals surface area contributed by atoms with Crippen LogP contribution < -0.4 is 0 Å². The van der Waals surface area contributed by atoms with Crippen molar-refractivity contribution < 1.29 is 15.3 Å². The highest BCUT2D eigenvalue weighted by Gasteiger charge is 2.06. The van der Waals surface area contributed by atoms with Crippen molar-refractivity contribution in [2.45, 2.75) is 135 Å². The van der Waals surface area contributed by atoms with Gasteiger partial charge in [-0.1, -0.05) is 57.8 Å². The number of aliphatic hydroxyl groups excluding tert-OH is 3. The monoisotopic (exact) mass is 401 g/mol. The van der Waals surface area contributed by atoms with Crippen LogP contribution in [0.25, 0.3) is 0 Å². The van der Waals surface area contributed by atoms with Gasteiger partial charge >= 0.3 is 0 Å². The van der Waals surface area contributed by atoms with Crippen LogP contribution in [0.3, 0.4) is 0 Å². The van der Waals surface area contributed by atoms with Crippen LogP contribution in [0.1, 0.15) is 117 Å². The van der Waals surface area contributed by atoms with Gasteiger partial charge in [-0.3, -0.25) is 0 Å². The molecule has 0 aromatic heterocycles. The van der Waals surface area contributed by atoms with Crippen molar-refractivity contribution in [3.63, 3.8) is 0 Å². The largest absolute Gasteiger partial charge is 0.393 e. The topological polar surface area (TPSA) is 63.9 Å². The van der Waals surface area contributed by atoms with Gasteiger partial charge in [-0.25, -0.2) is 0 Å². The zero-order valence-electron chi connectivity index (χ0n) is 19.2. The molecule has 0 aliphatic rings. The second-order valence-electron chi connectivity index (χ2n) is 9.00.